The van der Waals surface area contributed by atoms with E-state index < -0.39 is 5.82 Å². The Bertz CT molecular complexity index is 614. The van der Waals surface area contributed by atoms with Crippen molar-refractivity contribution in [2.45, 2.75) is 10.6 Å². The minimum atomic E-state index is -0.426. The van der Waals surface area contributed by atoms with Crippen molar-refractivity contribution in [3.63, 3.8) is 0 Å². The summed E-state index contributed by atoms with van der Waals surface area (Å²) in [5.41, 5.74) is 6.56. The van der Waals surface area contributed by atoms with Crippen LogP contribution >= 0.6 is 11.8 Å². The molecule has 2 rings (SSSR count). The molecule has 2 aromatic rings. The fraction of sp³-hybridized carbons (Fsp3) is 0.0714. The summed E-state index contributed by atoms with van der Waals surface area (Å²) in [6, 6.07) is 10.4. The van der Waals surface area contributed by atoms with E-state index in [1.54, 1.807) is 18.2 Å². The van der Waals surface area contributed by atoms with Crippen LogP contribution in [-0.4, -0.2) is 5.84 Å². The van der Waals surface area contributed by atoms with Gasteiger partial charge in [-0.05, 0) is 35.9 Å². The Labute approximate surface area is 114 Å². The minimum Gasteiger partial charge on any atom is -0.384 e. The quantitative estimate of drug-likeness (QED) is 0.510. The van der Waals surface area contributed by atoms with Crippen molar-refractivity contribution in [2.75, 3.05) is 0 Å². The number of thioether (sulfide) groups is 1. The van der Waals surface area contributed by atoms with Crippen molar-refractivity contribution in [3.05, 3.63) is 65.2 Å². The summed E-state index contributed by atoms with van der Waals surface area (Å²) in [5.74, 6) is -0.395. The molecule has 0 unspecified atom stereocenters. The highest BCUT2D eigenvalue weighted by atomic mass is 32.2. The molecule has 0 saturated carbocycles. The molecule has 0 aromatic heterocycles. The van der Waals surface area contributed by atoms with Crippen molar-refractivity contribution in [1.82, 2.24) is 0 Å². The molecule has 2 aromatic carbocycles. The molecule has 0 amide bonds. The summed E-state index contributed by atoms with van der Waals surface area (Å²) in [5, 5.41) is 7.43. The molecule has 0 fully saturated rings. The smallest absolute Gasteiger partial charge is 0.124 e. The average Bonchev–Trinajstić information content (AvgIpc) is 2.37. The van der Waals surface area contributed by atoms with Gasteiger partial charge in [0, 0.05) is 16.2 Å². The van der Waals surface area contributed by atoms with Gasteiger partial charge in [-0.3, -0.25) is 5.41 Å². The summed E-state index contributed by atoms with van der Waals surface area (Å²) < 4.78 is 26.2. The zero-order valence-corrected chi connectivity index (χ0v) is 10.8. The standard InChI is InChI=1S/C14H12F2N2S/c15-10-2-1-3-12(6-10)19-8-9-4-5-11(16)7-13(9)14(17)18/h1-7H,8H2,(H3,17,18). The van der Waals surface area contributed by atoms with Gasteiger partial charge in [0.05, 0.1) is 0 Å². The monoisotopic (exact) mass is 278 g/mol. The van der Waals surface area contributed by atoms with Crippen LogP contribution in [0.4, 0.5) is 8.78 Å². The molecule has 0 aliphatic rings. The Morgan fingerprint density at radius 2 is 1.84 bits per heavy atom. The summed E-state index contributed by atoms with van der Waals surface area (Å²) in [7, 11) is 0. The van der Waals surface area contributed by atoms with Gasteiger partial charge in [0.1, 0.15) is 17.5 Å². The molecule has 0 aliphatic carbocycles. The molecular formula is C14H12F2N2S. The lowest BCUT2D eigenvalue weighted by Gasteiger charge is -2.08. The highest BCUT2D eigenvalue weighted by Crippen LogP contribution is 2.25. The average molecular weight is 278 g/mol. The lowest BCUT2D eigenvalue weighted by atomic mass is 10.1. The largest absolute Gasteiger partial charge is 0.384 e. The summed E-state index contributed by atoms with van der Waals surface area (Å²) in [6.07, 6.45) is 0. The van der Waals surface area contributed by atoms with E-state index >= 15 is 0 Å². The second kappa shape index (κ2) is 5.84. The second-order valence-corrected chi connectivity index (χ2v) is 5.01. The Hall–Kier alpha value is -1.88. The van der Waals surface area contributed by atoms with Gasteiger partial charge in [-0.1, -0.05) is 12.1 Å². The lowest BCUT2D eigenvalue weighted by molar-refractivity contribution is 0.624. The molecule has 0 bridgehead atoms. The number of nitrogen functional groups attached to an aromatic ring is 1. The maximum absolute atomic E-state index is 13.1. The van der Waals surface area contributed by atoms with Gasteiger partial charge in [0.25, 0.3) is 0 Å². The predicted molar refractivity (Wildman–Crippen MR) is 73.4 cm³/mol. The van der Waals surface area contributed by atoms with E-state index in [1.165, 1.54) is 36.0 Å². The van der Waals surface area contributed by atoms with Crippen molar-refractivity contribution in [2.24, 2.45) is 5.73 Å². The van der Waals surface area contributed by atoms with Crippen LogP contribution in [0.2, 0.25) is 0 Å². The predicted octanol–water partition coefficient (Wildman–Crippen LogP) is 3.54. The Morgan fingerprint density at radius 3 is 2.53 bits per heavy atom. The third-order valence-corrected chi connectivity index (χ3v) is 3.60. The summed E-state index contributed by atoms with van der Waals surface area (Å²) in [6.45, 7) is 0. The molecule has 5 heteroatoms. The van der Waals surface area contributed by atoms with Crippen LogP contribution in [0.5, 0.6) is 0 Å². The fourth-order valence-corrected chi connectivity index (χ4v) is 2.59. The van der Waals surface area contributed by atoms with Gasteiger partial charge in [0.2, 0.25) is 0 Å². The Balaban J connectivity index is 2.17. The third kappa shape index (κ3) is 3.54. The molecule has 0 saturated heterocycles. The molecule has 0 atom stereocenters. The highest BCUT2D eigenvalue weighted by Gasteiger charge is 2.08. The van der Waals surface area contributed by atoms with E-state index in [-0.39, 0.29) is 11.7 Å². The maximum Gasteiger partial charge on any atom is 0.124 e. The number of benzene rings is 2. The van der Waals surface area contributed by atoms with Crippen LogP contribution in [0, 0.1) is 17.0 Å². The van der Waals surface area contributed by atoms with Crippen LogP contribution in [0.3, 0.4) is 0 Å². The van der Waals surface area contributed by atoms with Crippen molar-refractivity contribution >= 4 is 17.6 Å². The topological polar surface area (TPSA) is 49.9 Å². The van der Waals surface area contributed by atoms with E-state index in [4.69, 9.17) is 11.1 Å². The second-order valence-electron chi connectivity index (χ2n) is 3.96. The molecule has 0 spiro atoms. The molecular weight excluding hydrogens is 266 g/mol. The fourth-order valence-electron chi connectivity index (χ4n) is 1.64. The zero-order valence-electron chi connectivity index (χ0n) is 9.99. The third-order valence-electron chi connectivity index (χ3n) is 2.55. The van der Waals surface area contributed by atoms with E-state index in [0.717, 1.165) is 10.5 Å². The molecule has 0 heterocycles. The number of amidine groups is 1. The van der Waals surface area contributed by atoms with Crippen LogP contribution < -0.4 is 5.73 Å². The van der Waals surface area contributed by atoms with Gasteiger partial charge in [0.15, 0.2) is 0 Å². The Morgan fingerprint density at radius 1 is 1.11 bits per heavy atom. The van der Waals surface area contributed by atoms with E-state index in [0.29, 0.717) is 11.3 Å². The van der Waals surface area contributed by atoms with Crippen LogP contribution in [0.1, 0.15) is 11.1 Å². The van der Waals surface area contributed by atoms with Crippen molar-refractivity contribution in [3.8, 4) is 0 Å². The zero-order chi connectivity index (χ0) is 13.8. The van der Waals surface area contributed by atoms with Gasteiger partial charge < -0.3 is 5.73 Å². The van der Waals surface area contributed by atoms with Gasteiger partial charge >= 0.3 is 0 Å². The van der Waals surface area contributed by atoms with Crippen LogP contribution in [0.25, 0.3) is 0 Å². The molecule has 3 N–H and O–H groups in total. The minimum absolute atomic E-state index is 0.172. The van der Waals surface area contributed by atoms with Crippen LogP contribution in [-0.2, 0) is 5.75 Å². The molecule has 0 aliphatic heterocycles. The summed E-state index contributed by atoms with van der Waals surface area (Å²) in [4.78, 5) is 0.777. The first kappa shape index (κ1) is 13.5. The van der Waals surface area contributed by atoms with Gasteiger partial charge in [-0.2, -0.15) is 0 Å². The SMILES string of the molecule is N=C(N)c1cc(F)ccc1CSc1cccc(F)c1. The van der Waals surface area contributed by atoms with Crippen LogP contribution in [0.15, 0.2) is 47.4 Å². The molecule has 98 valence electrons. The van der Waals surface area contributed by atoms with Crippen molar-refractivity contribution in [1.29, 1.82) is 5.41 Å². The Kier molecular flexibility index (Phi) is 4.16. The maximum atomic E-state index is 13.1. The molecule has 2 nitrogen and oxygen atoms in total. The number of nitrogens with one attached hydrogen (secondary N) is 1. The summed E-state index contributed by atoms with van der Waals surface area (Å²) >= 11 is 1.41. The van der Waals surface area contributed by atoms with E-state index in [9.17, 15) is 8.78 Å². The van der Waals surface area contributed by atoms with E-state index in [1.807, 2.05) is 0 Å². The van der Waals surface area contributed by atoms with Gasteiger partial charge in [-0.25, -0.2) is 8.78 Å². The lowest BCUT2D eigenvalue weighted by Crippen LogP contribution is -2.13. The number of hydrogen-bond acceptors (Lipinski definition) is 2. The van der Waals surface area contributed by atoms with Crippen molar-refractivity contribution < 1.29 is 8.78 Å². The first-order valence-corrected chi connectivity index (χ1v) is 6.56. The van der Waals surface area contributed by atoms with E-state index in [2.05, 4.69) is 0 Å². The highest BCUT2D eigenvalue weighted by molar-refractivity contribution is 7.98. The first-order valence-electron chi connectivity index (χ1n) is 5.57. The molecule has 0 radical (unpaired) electrons. The van der Waals surface area contributed by atoms with Gasteiger partial charge in [-0.15, -0.1) is 11.8 Å². The normalized spacial score (nSPS) is 10.4. The molecule has 19 heavy (non-hydrogen) atoms. The number of hydrogen-bond donors (Lipinski definition) is 2. The number of halogens is 2. The first-order chi connectivity index (χ1) is 9.06. The number of nitrogens with two attached hydrogens (primary N) is 1. The number of rotatable bonds is 4.